The van der Waals surface area contributed by atoms with Crippen molar-refractivity contribution in [3.05, 3.63) is 68.3 Å². The van der Waals surface area contributed by atoms with Crippen LogP contribution in [-0.4, -0.2) is 7.05 Å². The molecule has 20 heavy (non-hydrogen) atoms. The van der Waals surface area contributed by atoms with Crippen LogP contribution < -0.4 is 5.32 Å². The topological polar surface area (TPSA) is 12.0 Å². The number of thiophene rings is 1. The van der Waals surface area contributed by atoms with Gasteiger partial charge in [0.05, 0.1) is 6.04 Å². The Morgan fingerprint density at radius 2 is 1.80 bits per heavy atom. The molecule has 3 heteroatoms. The molecule has 102 valence electrons. The van der Waals surface area contributed by atoms with E-state index in [-0.39, 0.29) is 6.04 Å². The molecule has 1 aromatic heterocycles. The van der Waals surface area contributed by atoms with Gasteiger partial charge in [0.1, 0.15) is 0 Å². The van der Waals surface area contributed by atoms with Crippen LogP contribution in [0.4, 0.5) is 0 Å². The van der Waals surface area contributed by atoms with Crippen molar-refractivity contribution in [3.8, 4) is 0 Å². The molecule has 0 radical (unpaired) electrons. The summed E-state index contributed by atoms with van der Waals surface area (Å²) in [4.78, 5) is 1.38. The summed E-state index contributed by atoms with van der Waals surface area (Å²) in [5, 5.41) is 8.14. The third-order valence-electron chi connectivity index (χ3n) is 3.66. The molecule has 3 rings (SSSR count). The lowest BCUT2D eigenvalue weighted by molar-refractivity contribution is 0.692. The van der Waals surface area contributed by atoms with Gasteiger partial charge in [-0.15, -0.1) is 11.3 Å². The maximum absolute atomic E-state index is 3.52. The van der Waals surface area contributed by atoms with E-state index in [0.29, 0.717) is 0 Å². The first kappa shape index (κ1) is 13.8. The molecule has 0 saturated heterocycles. The molecule has 1 nitrogen and oxygen atoms in total. The highest BCUT2D eigenvalue weighted by atomic mass is 79.9. The molecule has 1 heterocycles. The van der Waals surface area contributed by atoms with E-state index in [1.165, 1.54) is 26.8 Å². The van der Waals surface area contributed by atoms with E-state index in [1.54, 1.807) is 11.3 Å². The normalized spacial score (nSPS) is 12.8. The molecule has 3 aromatic rings. The molecule has 0 amide bonds. The Hall–Kier alpha value is -1.16. The zero-order chi connectivity index (χ0) is 14.1. The predicted molar refractivity (Wildman–Crippen MR) is 91.6 cm³/mol. The van der Waals surface area contributed by atoms with E-state index in [1.807, 2.05) is 7.05 Å². The van der Waals surface area contributed by atoms with Crippen LogP contribution in [0.1, 0.15) is 22.0 Å². The first-order valence-electron chi connectivity index (χ1n) is 6.59. The smallest absolute Gasteiger partial charge is 0.0585 e. The Labute approximate surface area is 131 Å². The minimum Gasteiger partial charge on any atom is -0.309 e. The summed E-state index contributed by atoms with van der Waals surface area (Å²) in [7, 11) is 2.02. The van der Waals surface area contributed by atoms with Crippen molar-refractivity contribution >= 4 is 38.0 Å². The summed E-state index contributed by atoms with van der Waals surface area (Å²) < 4.78 is 1.12. The fraction of sp³-hybridized carbons (Fsp3) is 0.176. The number of fused-ring (bicyclic) bond motifs is 1. The van der Waals surface area contributed by atoms with Crippen molar-refractivity contribution in [2.75, 3.05) is 7.05 Å². The van der Waals surface area contributed by atoms with Gasteiger partial charge in [-0.2, -0.15) is 0 Å². The average Bonchev–Trinajstić information content (AvgIpc) is 2.86. The van der Waals surface area contributed by atoms with Crippen molar-refractivity contribution < 1.29 is 0 Å². The van der Waals surface area contributed by atoms with E-state index >= 15 is 0 Å². The van der Waals surface area contributed by atoms with Gasteiger partial charge in [-0.05, 0) is 65.5 Å². The summed E-state index contributed by atoms with van der Waals surface area (Å²) in [6.45, 7) is 2.18. The molecule has 0 aliphatic heterocycles. The second-order valence-corrected chi connectivity index (χ2v) is 6.94. The number of rotatable bonds is 3. The van der Waals surface area contributed by atoms with Gasteiger partial charge in [0.2, 0.25) is 0 Å². The maximum Gasteiger partial charge on any atom is 0.0585 e. The molecule has 0 spiro atoms. The monoisotopic (exact) mass is 345 g/mol. The Morgan fingerprint density at radius 1 is 1.05 bits per heavy atom. The Morgan fingerprint density at radius 3 is 2.50 bits per heavy atom. The quantitative estimate of drug-likeness (QED) is 0.680. The number of halogens is 1. The fourth-order valence-corrected chi connectivity index (χ4v) is 3.73. The van der Waals surface area contributed by atoms with Crippen LogP contribution in [0.3, 0.4) is 0 Å². The molecule has 1 N–H and O–H groups in total. The minimum absolute atomic E-state index is 0.259. The van der Waals surface area contributed by atoms with Crippen LogP contribution in [0, 0.1) is 6.92 Å². The molecule has 0 aliphatic carbocycles. The van der Waals surface area contributed by atoms with Crippen LogP contribution >= 0.6 is 27.3 Å². The van der Waals surface area contributed by atoms with Gasteiger partial charge in [0, 0.05) is 9.35 Å². The summed E-state index contributed by atoms with van der Waals surface area (Å²) in [5.41, 5.74) is 2.68. The molecule has 1 unspecified atom stereocenters. The fourth-order valence-electron chi connectivity index (χ4n) is 2.61. The lowest BCUT2D eigenvalue weighted by Gasteiger charge is -2.17. The number of hydrogen-bond acceptors (Lipinski definition) is 2. The highest BCUT2D eigenvalue weighted by molar-refractivity contribution is 9.10. The SMILES string of the molecule is CNC(c1ccc2cc(Br)ccc2c1)c1ccsc1C. The van der Waals surface area contributed by atoms with Crippen LogP contribution in [0.15, 0.2) is 52.3 Å². The summed E-state index contributed by atoms with van der Waals surface area (Å²) in [5.74, 6) is 0. The molecule has 2 aromatic carbocycles. The van der Waals surface area contributed by atoms with Crippen molar-refractivity contribution in [1.82, 2.24) is 5.32 Å². The molecule has 0 bridgehead atoms. The zero-order valence-corrected chi connectivity index (χ0v) is 13.9. The van der Waals surface area contributed by atoms with E-state index in [4.69, 9.17) is 0 Å². The maximum atomic E-state index is 3.52. The first-order chi connectivity index (χ1) is 9.69. The van der Waals surface area contributed by atoms with Gasteiger partial charge < -0.3 is 5.32 Å². The number of aryl methyl sites for hydroxylation is 1. The Kier molecular flexibility index (Phi) is 3.92. The second kappa shape index (κ2) is 5.68. The highest BCUT2D eigenvalue weighted by Gasteiger charge is 2.15. The van der Waals surface area contributed by atoms with Gasteiger partial charge in [0.15, 0.2) is 0 Å². The van der Waals surface area contributed by atoms with Crippen molar-refractivity contribution in [2.24, 2.45) is 0 Å². The molecule has 0 saturated carbocycles. The van der Waals surface area contributed by atoms with Gasteiger partial charge in [-0.3, -0.25) is 0 Å². The van der Waals surface area contributed by atoms with Crippen LogP contribution in [0.2, 0.25) is 0 Å². The van der Waals surface area contributed by atoms with Gasteiger partial charge >= 0.3 is 0 Å². The van der Waals surface area contributed by atoms with Crippen molar-refractivity contribution in [3.63, 3.8) is 0 Å². The van der Waals surface area contributed by atoms with Crippen LogP contribution in [-0.2, 0) is 0 Å². The van der Waals surface area contributed by atoms with E-state index in [2.05, 4.69) is 76.0 Å². The summed E-state index contributed by atoms with van der Waals surface area (Å²) >= 11 is 5.33. The molecule has 0 aliphatic rings. The van der Waals surface area contributed by atoms with E-state index in [9.17, 15) is 0 Å². The molecule has 0 fully saturated rings. The van der Waals surface area contributed by atoms with Crippen molar-refractivity contribution in [1.29, 1.82) is 0 Å². The third kappa shape index (κ3) is 2.53. The van der Waals surface area contributed by atoms with Gasteiger partial charge in [0.25, 0.3) is 0 Å². The number of hydrogen-bond donors (Lipinski definition) is 1. The molecule has 1 atom stereocenters. The Bertz CT molecular complexity index is 748. The standard InChI is InChI=1S/C17H16BrNS/c1-11-16(7-8-20-11)17(19-2)14-4-3-13-10-15(18)6-5-12(13)9-14/h3-10,17,19H,1-2H3. The van der Waals surface area contributed by atoms with Gasteiger partial charge in [-0.1, -0.05) is 34.1 Å². The van der Waals surface area contributed by atoms with Crippen molar-refractivity contribution in [2.45, 2.75) is 13.0 Å². The number of nitrogens with one attached hydrogen (secondary N) is 1. The van der Waals surface area contributed by atoms with Crippen LogP contribution in [0.25, 0.3) is 10.8 Å². The molecular formula is C17H16BrNS. The zero-order valence-electron chi connectivity index (χ0n) is 11.5. The number of benzene rings is 2. The van der Waals surface area contributed by atoms with Gasteiger partial charge in [-0.25, -0.2) is 0 Å². The average molecular weight is 346 g/mol. The van der Waals surface area contributed by atoms with Crippen LogP contribution in [0.5, 0.6) is 0 Å². The van der Waals surface area contributed by atoms with E-state index in [0.717, 1.165) is 4.47 Å². The lowest BCUT2D eigenvalue weighted by atomic mass is 9.97. The first-order valence-corrected chi connectivity index (χ1v) is 8.27. The predicted octanol–water partition coefficient (Wildman–Crippen LogP) is 5.28. The summed E-state index contributed by atoms with van der Waals surface area (Å²) in [6, 6.07) is 15.6. The largest absolute Gasteiger partial charge is 0.309 e. The third-order valence-corrected chi connectivity index (χ3v) is 5.01. The lowest BCUT2D eigenvalue weighted by Crippen LogP contribution is -2.17. The minimum atomic E-state index is 0.259. The van der Waals surface area contributed by atoms with E-state index < -0.39 is 0 Å². The summed E-state index contributed by atoms with van der Waals surface area (Å²) in [6.07, 6.45) is 0. The second-order valence-electron chi connectivity index (χ2n) is 4.90. The highest BCUT2D eigenvalue weighted by Crippen LogP contribution is 2.30. The molecular weight excluding hydrogens is 330 g/mol. The Balaban J connectivity index is 2.08.